The van der Waals surface area contributed by atoms with Crippen LogP contribution in [0.3, 0.4) is 0 Å². The van der Waals surface area contributed by atoms with E-state index in [0.717, 1.165) is 116 Å². The molecule has 0 heterocycles. The van der Waals surface area contributed by atoms with Crippen molar-refractivity contribution in [3.8, 4) is 0 Å². The van der Waals surface area contributed by atoms with Crippen LogP contribution < -0.4 is 0 Å². The molecule has 4 N–H and O–H groups in total. The van der Waals surface area contributed by atoms with E-state index < -0.39 is 91.5 Å². The van der Waals surface area contributed by atoms with Crippen LogP contribution in [-0.4, -0.2) is 95.9 Å². The largest absolute Gasteiger partial charge is 0.472 e. The Balaban J connectivity index is 4.30. The maximum absolute atomic E-state index is 13.0. The van der Waals surface area contributed by atoms with Crippen molar-refractivity contribution in [3.63, 3.8) is 0 Å². The number of rotatable bonds is 88. The Bertz CT molecular complexity index is 2490. The highest BCUT2D eigenvalue weighted by Gasteiger charge is 2.29. The molecular formula is C95H170O16P2. The number of hydrogen-bond donors (Lipinski definition) is 4. The van der Waals surface area contributed by atoms with Gasteiger partial charge in [-0.2, -0.15) is 0 Å². The molecule has 0 rings (SSSR count). The molecule has 0 aliphatic rings. The van der Waals surface area contributed by atoms with Crippen LogP contribution in [0.5, 0.6) is 0 Å². The van der Waals surface area contributed by atoms with E-state index >= 15 is 0 Å². The third-order valence-corrected chi connectivity index (χ3v) is 21.9. The van der Waals surface area contributed by atoms with Gasteiger partial charge in [0.25, 0.3) is 0 Å². The van der Waals surface area contributed by atoms with Crippen molar-refractivity contribution in [2.75, 3.05) is 39.6 Å². The molecule has 113 heavy (non-hydrogen) atoms. The molecule has 0 spiro atoms. The number of allylic oxidation sites excluding steroid dienone is 18. The van der Waals surface area contributed by atoms with Gasteiger partial charge in [-0.05, 0) is 109 Å². The summed E-state index contributed by atoms with van der Waals surface area (Å²) in [6.45, 7) is 2.60. The fourth-order valence-corrected chi connectivity index (χ4v) is 14.6. The second-order valence-corrected chi connectivity index (χ2v) is 34.0. The van der Waals surface area contributed by atoms with E-state index in [0.29, 0.717) is 19.3 Å². The van der Waals surface area contributed by atoms with E-state index in [9.17, 15) is 43.5 Å². The lowest BCUT2D eigenvalue weighted by atomic mass is 10.0. The van der Waals surface area contributed by atoms with Gasteiger partial charge in [-0.15, -0.1) is 0 Å². The van der Waals surface area contributed by atoms with E-state index in [2.05, 4.69) is 130 Å². The number of hydrogen-bond acceptors (Lipinski definition) is 14. The number of ether oxygens (including phenoxy) is 3. The summed E-state index contributed by atoms with van der Waals surface area (Å²) in [6, 6.07) is 0. The molecule has 0 aromatic heterocycles. The van der Waals surface area contributed by atoms with Gasteiger partial charge in [0.15, 0.2) is 6.10 Å². The van der Waals surface area contributed by atoms with Crippen LogP contribution in [0.25, 0.3) is 0 Å². The summed E-state index contributed by atoms with van der Waals surface area (Å²) in [5.41, 5.74) is 0. The van der Waals surface area contributed by atoms with E-state index in [1.54, 1.807) is 0 Å². The molecule has 0 aromatic rings. The fraction of sp³-hybridized carbons (Fsp3) is 0.779. The maximum Gasteiger partial charge on any atom is 0.472 e. The molecule has 16 nitrogen and oxygen atoms in total. The molecule has 5 unspecified atom stereocenters. The number of carbonyl (C=O) groups is 3. The van der Waals surface area contributed by atoms with Crippen molar-refractivity contribution in [2.45, 2.75) is 437 Å². The zero-order valence-corrected chi connectivity index (χ0v) is 74.1. The molecule has 0 aromatic carbocycles. The molecule has 656 valence electrons. The van der Waals surface area contributed by atoms with Crippen LogP contribution in [-0.2, 0) is 55.8 Å². The Kier molecular flexibility index (Phi) is 84.6. The number of phosphoric ester groups is 2. The van der Waals surface area contributed by atoms with Crippen molar-refractivity contribution >= 4 is 33.6 Å². The summed E-state index contributed by atoms with van der Waals surface area (Å²) in [4.78, 5) is 58.8. The summed E-state index contributed by atoms with van der Waals surface area (Å²) in [5, 5.41) is 20.7. The van der Waals surface area contributed by atoms with Crippen molar-refractivity contribution in [1.82, 2.24) is 0 Å². The van der Waals surface area contributed by atoms with Gasteiger partial charge in [0, 0.05) is 19.3 Å². The van der Waals surface area contributed by atoms with Gasteiger partial charge in [-0.25, -0.2) is 9.13 Å². The lowest BCUT2D eigenvalue weighted by Gasteiger charge is -2.21. The van der Waals surface area contributed by atoms with E-state index in [4.69, 9.17) is 32.3 Å². The van der Waals surface area contributed by atoms with E-state index in [-0.39, 0.29) is 19.3 Å². The SMILES string of the molecule is CC/C=C\C/C=C\C/C=C\C/C=C\C/C=C\CCCCCCCCCCCCCCCCCC(=O)OCC(COP(=O)(O)OCC(O)COP(=O)(O)OCC(O)COC(=O)CCCCCCCCCCCCCCCCCCCCC/C=C\C/C=C\C/C=C\C/C=C\CCCCC)OC(=O)CCCCCCCCCCCCC. The summed E-state index contributed by atoms with van der Waals surface area (Å²) >= 11 is 0. The fourth-order valence-electron chi connectivity index (χ4n) is 13.0. The van der Waals surface area contributed by atoms with Crippen LogP contribution in [0.1, 0.15) is 419 Å². The van der Waals surface area contributed by atoms with Gasteiger partial charge in [0.2, 0.25) is 0 Å². The van der Waals surface area contributed by atoms with E-state index in [1.807, 2.05) is 0 Å². The number of aliphatic hydroxyl groups excluding tert-OH is 2. The van der Waals surface area contributed by atoms with Crippen LogP contribution in [0.2, 0.25) is 0 Å². The van der Waals surface area contributed by atoms with Gasteiger partial charge in [-0.3, -0.25) is 32.5 Å². The Morgan fingerprint density at radius 1 is 0.257 bits per heavy atom. The number of phosphoric acid groups is 2. The smallest absolute Gasteiger partial charge is 0.463 e. The molecule has 0 saturated carbocycles. The molecule has 0 aliphatic carbocycles. The van der Waals surface area contributed by atoms with Gasteiger partial charge in [0.05, 0.1) is 26.4 Å². The van der Waals surface area contributed by atoms with Crippen LogP contribution in [0.15, 0.2) is 109 Å². The Hall–Kier alpha value is -3.79. The van der Waals surface area contributed by atoms with Crippen molar-refractivity contribution < 1.29 is 75.8 Å². The average molecular weight is 1630 g/mol. The third kappa shape index (κ3) is 88.9. The standard InChI is InChI=1S/C95H170O16P2/c1-4-7-10-13-16-19-22-24-26-28-30-32-34-36-38-40-42-43-44-45-47-49-50-52-54-56-58-60-62-64-67-69-72-75-78-81-93(98)105-84-90(96)85-107-112(101,102)108-86-91(97)87-109-113(103,104)110-89-92(111-95(100)83-80-77-74-71-66-21-18-15-12-9-6-3)88-106-94(99)82-79-76-73-70-68-65-63-61-59-57-55-53-51-48-46-41-39-37-35-33-31-29-27-25-23-20-17-14-11-8-5-2/h8,11,16-17,19-20,24-27,30-33,36-39,90-92,96-97H,4-7,9-10,12-15,18,21-23,28-29,34-35,40-89H2,1-3H3,(H,101,102)(H,103,104)/b11-8-,19-16-,20-17-,26-24-,27-25-,32-30-,33-31-,38-36-,39-37-. The highest BCUT2D eigenvalue weighted by molar-refractivity contribution is 7.47. The zero-order valence-electron chi connectivity index (χ0n) is 72.3. The first kappa shape index (κ1) is 109. The minimum absolute atomic E-state index is 0.109. The number of esters is 3. The molecule has 0 fully saturated rings. The lowest BCUT2D eigenvalue weighted by Crippen LogP contribution is -2.30. The monoisotopic (exact) mass is 1630 g/mol. The first-order valence-corrected chi connectivity index (χ1v) is 49.2. The first-order valence-electron chi connectivity index (χ1n) is 46.2. The second-order valence-electron chi connectivity index (χ2n) is 31.1. The minimum atomic E-state index is -4.93. The van der Waals surface area contributed by atoms with Crippen molar-refractivity contribution in [3.05, 3.63) is 109 Å². The number of carbonyl (C=O) groups excluding carboxylic acids is 3. The van der Waals surface area contributed by atoms with Gasteiger partial charge in [0.1, 0.15) is 25.4 Å². The summed E-state index contributed by atoms with van der Waals surface area (Å²) < 4.78 is 61.3. The molecule has 0 saturated heterocycles. The Morgan fingerprint density at radius 3 is 0.761 bits per heavy atom. The van der Waals surface area contributed by atoms with Crippen molar-refractivity contribution in [2.24, 2.45) is 0 Å². The Labute approximate surface area is 691 Å². The topological polar surface area (TPSA) is 231 Å². The minimum Gasteiger partial charge on any atom is -0.463 e. The van der Waals surface area contributed by atoms with Crippen LogP contribution in [0, 0.1) is 0 Å². The normalized spacial score (nSPS) is 14.3. The quantitative estimate of drug-likeness (QED) is 0.0146. The molecule has 0 bridgehead atoms. The highest BCUT2D eigenvalue weighted by Crippen LogP contribution is 2.45. The predicted octanol–water partition coefficient (Wildman–Crippen LogP) is 28.2. The molecule has 18 heteroatoms. The number of aliphatic hydroxyl groups is 2. The lowest BCUT2D eigenvalue weighted by molar-refractivity contribution is -0.161. The summed E-state index contributed by atoms with van der Waals surface area (Å²) in [5.74, 6) is -1.55. The molecule has 0 aliphatic heterocycles. The predicted molar refractivity (Wildman–Crippen MR) is 473 cm³/mol. The third-order valence-electron chi connectivity index (χ3n) is 20.0. The van der Waals surface area contributed by atoms with Crippen LogP contribution >= 0.6 is 15.6 Å². The van der Waals surface area contributed by atoms with E-state index in [1.165, 1.54) is 244 Å². The maximum atomic E-state index is 13.0. The molecule has 0 amide bonds. The molecular weight excluding hydrogens is 1460 g/mol. The summed E-state index contributed by atoms with van der Waals surface area (Å²) in [7, 11) is -9.78. The van der Waals surface area contributed by atoms with Gasteiger partial charge in [-0.1, -0.05) is 400 Å². The summed E-state index contributed by atoms with van der Waals surface area (Å²) in [6.07, 6.45) is 106. The van der Waals surface area contributed by atoms with Crippen molar-refractivity contribution in [1.29, 1.82) is 0 Å². The van der Waals surface area contributed by atoms with Gasteiger partial charge < -0.3 is 34.2 Å². The Morgan fingerprint density at radius 2 is 0.469 bits per heavy atom. The second kappa shape index (κ2) is 87.5. The molecule has 0 radical (unpaired) electrons. The number of unbranched alkanes of at least 4 members (excludes halogenated alkanes) is 47. The average Bonchev–Trinajstić information content (AvgIpc) is 0.897. The zero-order chi connectivity index (χ0) is 82.2. The van der Waals surface area contributed by atoms with Gasteiger partial charge >= 0.3 is 33.6 Å². The highest BCUT2D eigenvalue weighted by atomic mass is 31.2. The molecule has 5 atom stereocenters. The first-order chi connectivity index (χ1) is 55.2. The van der Waals surface area contributed by atoms with Crippen LogP contribution in [0.4, 0.5) is 0 Å².